The first-order valence-corrected chi connectivity index (χ1v) is 10.2. The maximum Gasteiger partial charge on any atom is 0.255 e. The number of aromatic amines is 1. The van der Waals surface area contributed by atoms with Gasteiger partial charge >= 0.3 is 0 Å². The molecule has 6 heteroatoms. The van der Waals surface area contributed by atoms with Gasteiger partial charge in [-0.05, 0) is 35.9 Å². The number of nitrogens with zero attached hydrogens (tertiary/aromatic N) is 1. The number of fused-ring (bicyclic) bond motifs is 1. The monoisotopic (exact) mass is 379 g/mol. The lowest BCUT2D eigenvalue weighted by atomic mass is 10.1. The van der Waals surface area contributed by atoms with E-state index in [-0.39, 0.29) is 11.5 Å². The number of carbonyl (C=O) groups is 1. The second kappa shape index (κ2) is 7.98. The lowest BCUT2D eigenvalue weighted by molar-refractivity contribution is 0.102. The molecule has 0 unspecified atom stereocenters. The molecule has 0 atom stereocenters. The topological polar surface area (TPSA) is 65.2 Å². The van der Waals surface area contributed by atoms with Crippen LogP contribution in [0.15, 0.2) is 59.5 Å². The highest BCUT2D eigenvalue weighted by Gasteiger charge is 2.12. The summed E-state index contributed by atoms with van der Waals surface area (Å²) in [5.41, 5.74) is 2.30. The van der Waals surface area contributed by atoms with E-state index in [4.69, 9.17) is 0 Å². The molecule has 5 nitrogen and oxygen atoms in total. The lowest BCUT2D eigenvalue weighted by Gasteiger charge is -2.26. The fraction of sp³-hybridized carbons (Fsp3) is 0.238. The van der Waals surface area contributed by atoms with Crippen LogP contribution in [0.25, 0.3) is 10.8 Å². The molecule has 2 heterocycles. The first-order chi connectivity index (χ1) is 13.2. The molecule has 4 rings (SSSR count). The predicted octanol–water partition coefficient (Wildman–Crippen LogP) is 3.33. The van der Waals surface area contributed by atoms with Gasteiger partial charge in [0.25, 0.3) is 11.5 Å². The van der Waals surface area contributed by atoms with Crippen LogP contribution in [0.1, 0.15) is 15.9 Å². The second-order valence-corrected chi connectivity index (χ2v) is 7.84. The van der Waals surface area contributed by atoms with E-state index in [2.05, 4.69) is 15.2 Å². The Labute approximate surface area is 161 Å². The van der Waals surface area contributed by atoms with Gasteiger partial charge in [-0.15, -0.1) is 0 Å². The van der Waals surface area contributed by atoms with E-state index in [9.17, 15) is 9.59 Å². The van der Waals surface area contributed by atoms with Gasteiger partial charge in [0.2, 0.25) is 0 Å². The van der Waals surface area contributed by atoms with Gasteiger partial charge < -0.3 is 10.3 Å². The molecule has 1 saturated heterocycles. The molecule has 3 aromatic rings. The second-order valence-electron chi connectivity index (χ2n) is 6.61. The summed E-state index contributed by atoms with van der Waals surface area (Å²) in [6.45, 7) is 3.16. The molecule has 1 aliphatic rings. The first kappa shape index (κ1) is 17.8. The van der Waals surface area contributed by atoms with Gasteiger partial charge in [-0.25, -0.2) is 0 Å². The summed E-state index contributed by atoms with van der Waals surface area (Å²) in [5.74, 6) is 2.20. The van der Waals surface area contributed by atoms with E-state index in [0.717, 1.165) is 25.0 Å². The Balaban J connectivity index is 1.49. The summed E-state index contributed by atoms with van der Waals surface area (Å²) in [4.78, 5) is 29.6. The summed E-state index contributed by atoms with van der Waals surface area (Å²) >= 11 is 2.00. The minimum Gasteiger partial charge on any atom is -0.329 e. The Bertz CT molecular complexity index is 1010. The van der Waals surface area contributed by atoms with Crippen LogP contribution >= 0.6 is 11.8 Å². The fourth-order valence-electron chi connectivity index (χ4n) is 3.30. The molecule has 0 aliphatic carbocycles. The molecular weight excluding hydrogens is 358 g/mol. The van der Waals surface area contributed by atoms with Crippen LogP contribution in [0.4, 0.5) is 5.69 Å². The molecule has 2 aromatic carbocycles. The largest absolute Gasteiger partial charge is 0.329 e. The molecule has 1 amide bonds. The summed E-state index contributed by atoms with van der Waals surface area (Å²) in [6, 6.07) is 14.9. The van der Waals surface area contributed by atoms with E-state index in [0.29, 0.717) is 16.6 Å². The van der Waals surface area contributed by atoms with E-state index in [1.165, 1.54) is 17.1 Å². The van der Waals surface area contributed by atoms with Crippen molar-refractivity contribution < 1.29 is 4.79 Å². The lowest BCUT2D eigenvalue weighted by Crippen LogP contribution is -2.31. The van der Waals surface area contributed by atoms with Crippen molar-refractivity contribution in [3.05, 3.63) is 76.2 Å². The number of H-pyrrole nitrogens is 1. The highest BCUT2D eigenvalue weighted by Crippen LogP contribution is 2.21. The zero-order valence-corrected chi connectivity index (χ0v) is 15.7. The molecule has 1 aliphatic heterocycles. The highest BCUT2D eigenvalue weighted by molar-refractivity contribution is 7.99. The van der Waals surface area contributed by atoms with Gasteiger partial charge in [-0.3, -0.25) is 14.5 Å². The molecule has 2 N–H and O–H groups in total. The van der Waals surface area contributed by atoms with Crippen molar-refractivity contribution in [2.75, 3.05) is 29.9 Å². The Morgan fingerprint density at radius 3 is 2.59 bits per heavy atom. The minimum atomic E-state index is -0.177. The van der Waals surface area contributed by atoms with E-state index in [1.54, 1.807) is 24.4 Å². The van der Waals surface area contributed by atoms with Crippen LogP contribution in [0.5, 0.6) is 0 Å². The van der Waals surface area contributed by atoms with Gasteiger partial charge in [-0.1, -0.05) is 18.2 Å². The zero-order chi connectivity index (χ0) is 18.6. The van der Waals surface area contributed by atoms with E-state index < -0.39 is 0 Å². The van der Waals surface area contributed by atoms with Crippen LogP contribution in [-0.4, -0.2) is 40.4 Å². The number of benzene rings is 2. The standard InChI is InChI=1S/C21H21N3O2S/c25-20(23-19-3-1-2-18-17(19)8-9-22-21(18)26)16-6-4-15(5-7-16)14-24-10-12-27-13-11-24/h1-9H,10-14H2,(H,22,26)(H,23,25). The number of amides is 1. The quantitative estimate of drug-likeness (QED) is 0.730. The smallest absolute Gasteiger partial charge is 0.255 e. The van der Waals surface area contributed by atoms with E-state index in [1.807, 2.05) is 42.1 Å². The van der Waals surface area contributed by atoms with Gasteiger partial charge in [-0.2, -0.15) is 11.8 Å². The summed E-state index contributed by atoms with van der Waals surface area (Å²) < 4.78 is 0. The molecule has 0 spiro atoms. The number of rotatable bonds is 4. The molecule has 1 fully saturated rings. The van der Waals surface area contributed by atoms with Gasteiger partial charge in [0.15, 0.2) is 0 Å². The van der Waals surface area contributed by atoms with Crippen LogP contribution in [0, 0.1) is 0 Å². The molecule has 138 valence electrons. The Kier molecular flexibility index (Phi) is 5.27. The van der Waals surface area contributed by atoms with Crippen LogP contribution < -0.4 is 10.9 Å². The summed E-state index contributed by atoms with van der Waals surface area (Å²) in [5, 5.41) is 4.22. The Morgan fingerprint density at radius 1 is 1.04 bits per heavy atom. The number of thioether (sulfide) groups is 1. The molecule has 0 radical (unpaired) electrons. The summed E-state index contributed by atoms with van der Waals surface area (Å²) in [7, 11) is 0. The zero-order valence-electron chi connectivity index (χ0n) is 14.9. The Morgan fingerprint density at radius 2 is 1.81 bits per heavy atom. The third-order valence-electron chi connectivity index (χ3n) is 4.79. The fourth-order valence-corrected chi connectivity index (χ4v) is 4.28. The SMILES string of the molecule is O=C(Nc1cccc2c(=O)[nH]ccc12)c1ccc(CN2CCSCC2)cc1. The average molecular weight is 379 g/mol. The minimum absolute atomic E-state index is 0.163. The van der Waals surface area contributed by atoms with Gasteiger partial charge in [0.1, 0.15) is 0 Å². The van der Waals surface area contributed by atoms with Crippen molar-refractivity contribution in [3.8, 4) is 0 Å². The maximum absolute atomic E-state index is 12.6. The highest BCUT2D eigenvalue weighted by atomic mass is 32.2. The van der Waals surface area contributed by atoms with E-state index >= 15 is 0 Å². The molecule has 1 aromatic heterocycles. The Hall–Kier alpha value is -2.57. The maximum atomic E-state index is 12.6. The van der Waals surface area contributed by atoms with Crippen molar-refractivity contribution >= 4 is 34.1 Å². The van der Waals surface area contributed by atoms with Crippen molar-refractivity contribution in [2.24, 2.45) is 0 Å². The third kappa shape index (κ3) is 4.07. The molecule has 0 bridgehead atoms. The molecule has 0 saturated carbocycles. The number of nitrogens with one attached hydrogen (secondary N) is 2. The van der Waals surface area contributed by atoms with Crippen LogP contribution in [0.3, 0.4) is 0 Å². The van der Waals surface area contributed by atoms with Crippen LogP contribution in [0.2, 0.25) is 0 Å². The third-order valence-corrected chi connectivity index (χ3v) is 5.73. The van der Waals surface area contributed by atoms with Gasteiger partial charge in [0.05, 0.1) is 0 Å². The summed E-state index contributed by atoms with van der Waals surface area (Å²) in [6.07, 6.45) is 1.59. The molecule has 27 heavy (non-hydrogen) atoms. The predicted molar refractivity (Wildman–Crippen MR) is 112 cm³/mol. The number of hydrogen-bond donors (Lipinski definition) is 2. The van der Waals surface area contributed by atoms with Crippen LogP contribution in [-0.2, 0) is 6.54 Å². The van der Waals surface area contributed by atoms with Crippen molar-refractivity contribution in [1.29, 1.82) is 0 Å². The number of pyridine rings is 1. The molecular formula is C21H21N3O2S. The number of hydrogen-bond acceptors (Lipinski definition) is 4. The average Bonchev–Trinajstić information content (AvgIpc) is 2.70. The normalized spacial score (nSPS) is 15.0. The first-order valence-electron chi connectivity index (χ1n) is 9.01. The van der Waals surface area contributed by atoms with Gasteiger partial charge in [0, 0.05) is 59.4 Å². The number of anilines is 1. The van der Waals surface area contributed by atoms with Crippen molar-refractivity contribution in [3.63, 3.8) is 0 Å². The number of carbonyl (C=O) groups excluding carboxylic acids is 1. The number of aromatic nitrogens is 1. The van der Waals surface area contributed by atoms with Crippen molar-refractivity contribution in [1.82, 2.24) is 9.88 Å². The van der Waals surface area contributed by atoms with Crippen molar-refractivity contribution in [2.45, 2.75) is 6.54 Å².